The SMILES string of the molecule is COc1c(-c2ccc(O[C@@]3(O)C(=O)c4c(O)cc(O)cc4O[C@]3(O)c3ccc(O)c(O)c3)c(O)c2CC=C(C)C)oc2cc(O)cc(O)c2c1=O. The van der Waals surface area contributed by atoms with Crippen LogP contribution >= 0.6 is 0 Å². The molecule has 9 N–H and O–H groups in total. The van der Waals surface area contributed by atoms with Gasteiger partial charge in [0.05, 0.1) is 7.11 Å². The number of carbonyl (C=O) groups excluding carboxylic acids is 1. The van der Waals surface area contributed by atoms with Gasteiger partial charge in [0.25, 0.3) is 0 Å². The molecule has 15 nitrogen and oxygen atoms in total. The number of carbonyl (C=O) groups is 1. The molecular formula is C36H30O15. The Morgan fingerprint density at radius 3 is 2.18 bits per heavy atom. The summed E-state index contributed by atoms with van der Waals surface area (Å²) in [5.41, 5.74) is -1.52. The van der Waals surface area contributed by atoms with Gasteiger partial charge in [-0.05, 0) is 50.6 Å². The minimum absolute atomic E-state index is 0.0226. The molecular weight excluding hydrogens is 672 g/mol. The molecule has 15 heteroatoms. The zero-order valence-corrected chi connectivity index (χ0v) is 27.0. The summed E-state index contributed by atoms with van der Waals surface area (Å²) in [5, 5.41) is 96.6. The number of methoxy groups -OCH3 is 1. The van der Waals surface area contributed by atoms with Crippen LogP contribution in [0.15, 0.2) is 75.5 Å². The summed E-state index contributed by atoms with van der Waals surface area (Å²) in [6, 6.07) is 8.65. The van der Waals surface area contributed by atoms with E-state index in [-0.39, 0.29) is 40.0 Å². The first kappa shape index (κ1) is 34.3. The lowest BCUT2D eigenvalue weighted by Gasteiger charge is -2.44. The minimum atomic E-state index is -3.56. The number of rotatable bonds is 7. The van der Waals surface area contributed by atoms with Crippen molar-refractivity contribution in [3.63, 3.8) is 0 Å². The molecule has 0 unspecified atom stereocenters. The molecule has 264 valence electrons. The highest BCUT2D eigenvalue weighted by Crippen LogP contribution is 2.51. The Bertz CT molecular complexity index is 2350. The summed E-state index contributed by atoms with van der Waals surface area (Å²) < 4.78 is 22.6. The van der Waals surface area contributed by atoms with Crippen molar-refractivity contribution in [2.24, 2.45) is 0 Å². The van der Waals surface area contributed by atoms with E-state index in [4.69, 9.17) is 18.6 Å². The predicted molar refractivity (Wildman–Crippen MR) is 177 cm³/mol. The Morgan fingerprint density at radius 2 is 1.51 bits per heavy atom. The fourth-order valence-electron chi connectivity index (χ4n) is 5.76. The van der Waals surface area contributed by atoms with Crippen molar-refractivity contribution in [2.75, 3.05) is 7.11 Å². The lowest BCUT2D eigenvalue weighted by Crippen LogP contribution is -2.66. The summed E-state index contributed by atoms with van der Waals surface area (Å²) in [7, 11) is 1.17. The summed E-state index contributed by atoms with van der Waals surface area (Å²) in [4.78, 5) is 27.5. The van der Waals surface area contributed by atoms with Crippen molar-refractivity contribution in [2.45, 2.75) is 31.8 Å². The van der Waals surface area contributed by atoms with Gasteiger partial charge in [0.15, 0.2) is 28.8 Å². The van der Waals surface area contributed by atoms with E-state index in [1.54, 1.807) is 19.9 Å². The molecule has 5 aromatic rings. The number of ketones is 1. The van der Waals surface area contributed by atoms with Crippen molar-refractivity contribution in [3.8, 4) is 68.8 Å². The fraction of sp³-hybridized carbons (Fsp3) is 0.167. The molecule has 0 saturated heterocycles. The number of ether oxygens (including phenoxy) is 3. The van der Waals surface area contributed by atoms with Crippen LogP contribution in [0.4, 0.5) is 0 Å². The zero-order chi connectivity index (χ0) is 37.2. The van der Waals surface area contributed by atoms with Gasteiger partial charge in [0.1, 0.15) is 45.3 Å². The van der Waals surface area contributed by atoms with Crippen LogP contribution in [0, 0.1) is 0 Å². The van der Waals surface area contributed by atoms with Gasteiger partial charge in [-0.25, -0.2) is 0 Å². The highest BCUT2D eigenvalue weighted by molar-refractivity contribution is 6.08. The second kappa shape index (κ2) is 12.1. The monoisotopic (exact) mass is 702 g/mol. The first-order valence-corrected chi connectivity index (χ1v) is 15.0. The zero-order valence-electron chi connectivity index (χ0n) is 27.0. The molecule has 0 bridgehead atoms. The molecule has 6 rings (SSSR count). The van der Waals surface area contributed by atoms with Gasteiger partial charge < -0.3 is 64.6 Å². The Hall–Kier alpha value is -6.58. The second-order valence-corrected chi connectivity index (χ2v) is 11.9. The quantitative estimate of drug-likeness (QED) is 0.0657. The smallest absolute Gasteiger partial charge is 0.345 e. The number of hydrogen-bond donors (Lipinski definition) is 9. The summed E-state index contributed by atoms with van der Waals surface area (Å²) in [6.07, 6.45) is 1.59. The van der Waals surface area contributed by atoms with Crippen LogP contribution in [-0.2, 0) is 12.2 Å². The Morgan fingerprint density at radius 1 is 0.824 bits per heavy atom. The van der Waals surface area contributed by atoms with Crippen LogP contribution in [0.25, 0.3) is 22.3 Å². The van der Waals surface area contributed by atoms with E-state index in [1.165, 1.54) is 13.2 Å². The second-order valence-electron chi connectivity index (χ2n) is 11.9. The van der Waals surface area contributed by atoms with E-state index in [2.05, 4.69) is 0 Å². The number of Topliss-reactive ketones (excluding diaryl/α,β-unsaturated/α-hetero) is 1. The van der Waals surface area contributed by atoms with Crippen LogP contribution in [0.2, 0.25) is 0 Å². The molecule has 1 aromatic heterocycles. The molecule has 0 spiro atoms. The molecule has 0 saturated carbocycles. The molecule has 0 amide bonds. The van der Waals surface area contributed by atoms with Gasteiger partial charge in [-0.3, -0.25) is 9.59 Å². The van der Waals surface area contributed by atoms with Gasteiger partial charge in [0, 0.05) is 41.0 Å². The average molecular weight is 703 g/mol. The lowest BCUT2D eigenvalue weighted by atomic mass is 9.86. The van der Waals surface area contributed by atoms with E-state index in [1.807, 2.05) is 0 Å². The summed E-state index contributed by atoms with van der Waals surface area (Å²) >= 11 is 0. The van der Waals surface area contributed by atoms with Crippen molar-refractivity contribution in [1.82, 2.24) is 0 Å². The van der Waals surface area contributed by atoms with Gasteiger partial charge in [-0.1, -0.05) is 11.6 Å². The van der Waals surface area contributed by atoms with Gasteiger partial charge >= 0.3 is 11.6 Å². The highest BCUT2D eigenvalue weighted by Gasteiger charge is 2.66. The van der Waals surface area contributed by atoms with Crippen LogP contribution in [0.3, 0.4) is 0 Å². The van der Waals surface area contributed by atoms with Gasteiger partial charge in [-0.15, -0.1) is 0 Å². The van der Waals surface area contributed by atoms with Gasteiger partial charge in [-0.2, -0.15) is 0 Å². The molecule has 0 aliphatic carbocycles. The van der Waals surface area contributed by atoms with E-state index < -0.39 is 85.7 Å². The number of aliphatic hydroxyl groups is 2. The number of phenolic OH excluding ortho intramolecular Hbond substituents is 7. The summed E-state index contributed by atoms with van der Waals surface area (Å²) in [6.45, 7) is 3.52. The van der Waals surface area contributed by atoms with E-state index in [0.29, 0.717) is 0 Å². The largest absolute Gasteiger partial charge is 0.508 e. The maximum absolute atomic E-state index is 14.0. The van der Waals surface area contributed by atoms with Crippen LogP contribution in [-0.4, -0.2) is 64.6 Å². The number of fused-ring (bicyclic) bond motifs is 2. The minimum Gasteiger partial charge on any atom is -0.508 e. The normalized spacial score (nSPS) is 18.2. The van der Waals surface area contributed by atoms with Crippen molar-refractivity contribution in [1.29, 1.82) is 0 Å². The highest BCUT2D eigenvalue weighted by atomic mass is 16.7. The standard InChI is InChI=1S/C36H30O15/c1-15(2)4-6-19-20(32-33(48-3)31(44)28-23(41)11-17(37)13-26(28)49-32)7-9-25(30(19)43)50-36(47)34(45)29-24(42)12-18(38)14-27(29)51-35(36,46)16-5-8-21(39)22(40)10-16/h4-5,7-14,37-43,46-47H,6H2,1-3H3/t35-,36+/m1/s1. The third kappa shape index (κ3) is 5.40. The Kier molecular flexibility index (Phi) is 8.12. The molecule has 0 fully saturated rings. The number of aromatic hydroxyl groups is 7. The van der Waals surface area contributed by atoms with E-state index in [9.17, 15) is 55.5 Å². The Balaban J connectivity index is 1.59. The number of allylic oxidation sites excluding steroid dienone is 2. The lowest BCUT2D eigenvalue weighted by molar-refractivity contribution is -0.316. The Labute approximate surface area is 286 Å². The number of hydrogen-bond acceptors (Lipinski definition) is 15. The average Bonchev–Trinajstić information content (AvgIpc) is 3.04. The molecule has 4 aromatic carbocycles. The van der Waals surface area contributed by atoms with E-state index in [0.717, 1.165) is 54.1 Å². The number of phenols is 7. The first-order valence-electron chi connectivity index (χ1n) is 15.0. The first-order chi connectivity index (χ1) is 24.0. The predicted octanol–water partition coefficient (Wildman–Crippen LogP) is 4.10. The molecule has 1 aliphatic heterocycles. The maximum atomic E-state index is 14.0. The summed E-state index contributed by atoms with van der Waals surface area (Å²) in [5.74, 6) is -14.9. The molecule has 0 radical (unpaired) electrons. The van der Waals surface area contributed by atoms with Crippen LogP contribution in [0.5, 0.6) is 57.5 Å². The topological polar surface area (TPSA) is 257 Å². The van der Waals surface area contributed by atoms with Gasteiger partial charge in [0.2, 0.25) is 17.0 Å². The van der Waals surface area contributed by atoms with Crippen LogP contribution in [0.1, 0.15) is 35.3 Å². The number of benzene rings is 4. The fourth-order valence-corrected chi connectivity index (χ4v) is 5.76. The molecule has 1 aliphatic rings. The van der Waals surface area contributed by atoms with Crippen molar-refractivity contribution >= 4 is 16.8 Å². The molecule has 51 heavy (non-hydrogen) atoms. The third-order valence-corrected chi connectivity index (χ3v) is 8.27. The van der Waals surface area contributed by atoms with Crippen molar-refractivity contribution in [3.05, 3.63) is 93.2 Å². The maximum Gasteiger partial charge on any atom is 0.345 e. The third-order valence-electron chi connectivity index (χ3n) is 8.27. The van der Waals surface area contributed by atoms with E-state index >= 15 is 0 Å². The molecule has 2 heterocycles. The molecule has 2 atom stereocenters. The van der Waals surface area contributed by atoms with Crippen LogP contribution < -0.4 is 19.6 Å². The van der Waals surface area contributed by atoms with Crippen molar-refractivity contribution < 1.29 is 69.4 Å².